The molecule has 1 aliphatic carbocycles. The van der Waals surface area contributed by atoms with Crippen LogP contribution in [0.25, 0.3) is 5.65 Å². The minimum atomic E-state index is -1.04. The number of fused-ring (bicyclic) bond motifs is 1. The molecular formula is C24H24ClF2N5O2. The number of carbonyl (C=O) groups is 2. The fraction of sp³-hybridized carbons (Fsp3) is 0.417. The molecule has 1 aliphatic heterocycles. The fourth-order valence-electron chi connectivity index (χ4n) is 5.24. The largest absolute Gasteiger partial charge is 0.349 e. The second-order valence-corrected chi connectivity index (χ2v) is 9.69. The summed E-state index contributed by atoms with van der Waals surface area (Å²) in [6, 6.07) is 3.70. The molecule has 1 saturated heterocycles. The number of halogens is 3. The number of nitrogens with one attached hydrogen (secondary N) is 1. The van der Waals surface area contributed by atoms with Gasteiger partial charge in [0, 0.05) is 30.0 Å². The molecule has 0 radical (unpaired) electrons. The molecular weight excluding hydrogens is 464 g/mol. The number of anilines is 1. The Morgan fingerprint density at radius 1 is 1.15 bits per heavy atom. The van der Waals surface area contributed by atoms with Crippen LogP contribution in [0.15, 0.2) is 24.4 Å². The summed E-state index contributed by atoms with van der Waals surface area (Å²) in [5.74, 6) is -2.44. The van der Waals surface area contributed by atoms with Crippen LogP contribution < -0.4 is 10.2 Å². The van der Waals surface area contributed by atoms with Crippen LogP contribution >= 0.6 is 11.6 Å². The highest BCUT2D eigenvalue weighted by atomic mass is 35.5. The fourth-order valence-corrected chi connectivity index (χ4v) is 5.49. The first-order valence-corrected chi connectivity index (χ1v) is 11.7. The number of benzene rings is 1. The van der Waals surface area contributed by atoms with Crippen molar-refractivity contribution in [2.45, 2.75) is 52.0 Å². The van der Waals surface area contributed by atoms with Gasteiger partial charge in [0.2, 0.25) is 5.91 Å². The van der Waals surface area contributed by atoms with E-state index < -0.39 is 17.0 Å². The predicted molar refractivity (Wildman–Crippen MR) is 123 cm³/mol. The summed E-state index contributed by atoms with van der Waals surface area (Å²) < 4.78 is 28.9. The number of hydrogen-bond acceptors (Lipinski definition) is 4. The normalized spacial score (nSPS) is 22.7. The molecule has 34 heavy (non-hydrogen) atoms. The first kappa shape index (κ1) is 22.7. The van der Waals surface area contributed by atoms with Gasteiger partial charge in [0.1, 0.15) is 5.56 Å². The Labute approximate surface area is 200 Å². The molecule has 1 spiro atoms. The summed E-state index contributed by atoms with van der Waals surface area (Å²) >= 11 is 6.10. The standard InChI is InChI=1S/C24H24ClF2N5O2/c1-13-9-14(2)32-21(29-13)16(12-28-32)22(33)30-15-3-5-24(6-4-15)7-8-31(23(24)34)20-11-19(27)18(26)10-17(20)25/h9-12,15H,3-8H2,1-2H3,(H,30,33)/t15-,24-. The van der Waals surface area contributed by atoms with Gasteiger partial charge in [0.15, 0.2) is 17.3 Å². The predicted octanol–water partition coefficient (Wildman–Crippen LogP) is 4.37. The maximum atomic E-state index is 13.8. The van der Waals surface area contributed by atoms with Gasteiger partial charge in [0.25, 0.3) is 5.91 Å². The van der Waals surface area contributed by atoms with Gasteiger partial charge in [-0.25, -0.2) is 18.3 Å². The number of nitrogens with zero attached hydrogens (tertiary/aromatic N) is 4. The number of amides is 2. The zero-order valence-corrected chi connectivity index (χ0v) is 19.6. The maximum absolute atomic E-state index is 13.8. The van der Waals surface area contributed by atoms with Crippen molar-refractivity contribution in [3.63, 3.8) is 0 Å². The van der Waals surface area contributed by atoms with Crippen LogP contribution in [0.5, 0.6) is 0 Å². The van der Waals surface area contributed by atoms with E-state index in [0.717, 1.165) is 23.5 Å². The second kappa shape index (κ2) is 8.30. The average Bonchev–Trinajstić information content (AvgIpc) is 3.35. The maximum Gasteiger partial charge on any atom is 0.256 e. The first-order valence-electron chi connectivity index (χ1n) is 11.3. The number of hydrogen-bond donors (Lipinski definition) is 1. The highest BCUT2D eigenvalue weighted by Crippen LogP contribution is 2.47. The van der Waals surface area contributed by atoms with E-state index in [-0.39, 0.29) is 28.6 Å². The van der Waals surface area contributed by atoms with Crippen molar-refractivity contribution in [1.82, 2.24) is 19.9 Å². The van der Waals surface area contributed by atoms with Gasteiger partial charge in [0.05, 0.1) is 22.3 Å². The van der Waals surface area contributed by atoms with Crippen molar-refractivity contribution in [1.29, 1.82) is 0 Å². The zero-order chi connectivity index (χ0) is 24.2. The van der Waals surface area contributed by atoms with E-state index in [2.05, 4.69) is 15.4 Å². The van der Waals surface area contributed by atoms with Crippen LogP contribution in [0, 0.1) is 30.9 Å². The molecule has 1 aromatic carbocycles. The number of aryl methyl sites for hydroxylation is 2. The lowest BCUT2D eigenvalue weighted by Gasteiger charge is -2.36. The molecule has 10 heteroatoms. The number of carbonyl (C=O) groups excluding carboxylic acids is 2. The molecule has 2 aromatic heterocycles. The Bertz CT molecular complexity index is 1320. The summed E-state index contributed by atoms with van der Waals surface area (Å²) in [7, 11) is 0. The highest BCUT2D eigenvalue weighted by Gasteiger charge is 2.49. The summed E-state index contributed by atoms with van der Waals surface area (Å²) in [6.45, 7) is 4.18. The van der Waals surface area contributed by atoms with E-state index in [1.54, 1.807) is 4.52 Å². The minimum absolute atomic E-state index is 0.0118. The first-order chi connectivity index (χ1) is 16.2. The van der Waals surface area contributed by atoms with Gasteiger partial charge in [-0.3, -0.25) is 9.59 Å². The highest BCUT2D eigenvalue weighted by molar-refractivity contribution is 6.34. The number of rotatable bonds is 3. The average molecular weight is 488 g/mol. The smallest absolute Gasteiger partial charge is 0.256 e. The summed E-state index contributed by atoms with van der Waals surface area (Å²) in [5, 5.41) is 7.36. The zero-order valence-electron chi connectivity index (χ0n) is 18.9. The Balaban J connectivity index is 1.27. The van der Waals surface area contributed by atoms with Gasteiger partial charge >= 0.3 is 0 Å². The van der Waals surface area contributed by atoms with Crippen molar-refractivity contribution >= 4 is 34.7 Å². The van der Waals surface area contributed by atoms with E-state index in [1.807, 2.05) is 19.9 Å². The summed E-state index contributed by atoms with van der Waals surface area (Å²) in [6.07, 6.45) is 4.61. The van der Waals surface area contributed by atoms with Crippen molar-refractivity contribution in [3.8, 4) is 0 Å². The minimum Gasteiger partial charge on any atom is -0.349 e. The van der Waals surface area contributed by atoms with Crippen molar-refractivity contribution < 1.29 is 18.4 Å². The van der Waals surface area contributed by atoms with Crippen molar-refractivity contribution in [3.05, 3.63) is 58.0 Å². The van der Waals surface area contributed by atoms with Crippen molar-refractivity contribution in [2.24, 2.45) is 5.41 Å². The molecule has 3 heterocycles. The Hall–Kier alpha value is -3.07. The number of aromatic nitrogens is 3. The summed E-state index contributed by atoms with van der Waals surface area (Å²) in [4.78, 5) is 32.2. The lowest BCUT2D eigenvalue weighted by Crippen LogP contribution is -2.44. The van der Waals surface area contributed by atoms with Gasteiger partial charge in [-0.15, -0.1) is 0 Å². The third-order valence-corrected chi connectivity index (χ3v) is 7.40. The monoisotopic (exact) mass is 487 g/mol. The van der Waals surface area contributed by atoms with Gasteiger partial charge < -0.3 is 10.2 Å². The van der Waals surface area contributed by atoms with E-state index in [0.29, 0.717) is 49.9 Å². The molecule has 1 N–H and O–H groups in total. The SMILES string of the molecule is Cc1cc(C)n2ncc(C(=O)N[C@H]3CC[C@@]4(CCN(c5cc(F)c(F)cc5Cl)C4=O)CC3)c2n1. The van der Waals surface area contributed by atoms with Crippen LogP contribution in [-0.2, 0) is 4.79 Å². The van der Waals surface area contributed by atoms with Crippen LogP contribution in [0.1, 0.15) is 53.8 Å². The molecule has 0 bridgehead atoms. The van der Waals surface area contributed by atoms with E-state index >= 15 is 0 Å². The van der Waals surface area contributed by atoms with Crippen LogP contribution in [0.3, 0.4) is 0 Å². The quantitative estimate of drug-likeness (QED) is 0.556. The van der Waals surface area contributed by atoms with E-state index in [9.17, 15) is 18.4 Å². The third kappa shape index (κ3) is 3.72. The van der Waals surface area contributed by atoms with Crippen LogP contribution in [-0.4, -0.2) is 39.0 Å². The van der Waals surface area contributed by atoms with E-state index in [1.165, 1.54) is 11.1 Å². The lowest BCUT2D eigenvalue weighted by atomic mass is 9.71. The van der Waals surface area contributed by atoms with Gasteiger partial charge in [-0.2, -0.15) is 5.10 Å². The lowest BCUT2D eigenvalue weighted by molar-refractivity contribution is -0.127. The molecule has 0 atom stereocenters. The van der Waals surface area contributed by atoms with Crippen LogP contribution in [0.4, 0.5) is 14.5 Å². The van der Waals surface area contributed by atoms with Gasteiger partial charge in [-0.1, -0.05) is 11.6 Å². The molecule has 1 saturated carbocycles. The van der Waals surface area contributed by atoms with Crippen LogP contribution in [0.2, 0.25) is 5.02 Å². The molecule has 0 unspecified atom stereocenters. The van der Waals surface area contributed by atoms with Gasteiger partial charge in [-0.05, 0) is 58.1 Å². The molecule has 178 valence electrons. The third-order valence-electron chi connectivity index (χ3n) is 7.09. The molecule has 3 aromatic rings. The molecule has 2 amide bonds. The second-order valence-electron chi connectivity index (χ2n) is 9.29. The van der Waals surface area contributed by atoms with Crippen molar-refractivity contribution in [2.75, 3.05) is 11.4 Å². The topological polar surface area (TPSA) is 79.6 Å². The molecule has 7 nitrogen and oxygen atoms in total. The summed E-state index contributed by atoms with van der Waals surface area (Å²) in [5.41, 5.74) is 2.27. The Morgan fingerprint density at radius 3 is 2.59 bits per heavy atom. The molecule has 5 rings (SSSR count). The molecule has 2 aliphatic rings. The Morgan fingerprint density at radius 2 is 1.85 bits per heavy atom. The Kier molecular flexibility index (Phi) is 5.55. The van der Waals surface area contributed by atoms with E-state index in [4.69, 9.17) is 11.6 Å². The molecule has 2 fully saturated rings.